The van der Waals surface area contributed by atoms with E-state index in [0.717, 1.165) is 26.6 Å². The zero-order valence-electron chi connectivity index (χ0n) is 14.2. The summed E-state index contributed by atoms with van der Waals surface area (Å²) in [7, 11) is 1.65. The van der Waals surface area contributed by atoms with Crippen LogP contribution in [0.25, 0.3) is 22.6 Å². The Morgan fingerprint density at radius 2 is 2.00 bits per heavy atom. The van der Waals surface area contributed by atoms with Crippen molar-refractivity contribution in [2.75, 3.05) is 12.8 Å². The number of pyridine rings is 1. The normalized spacial score (nSPS) is 11.2. The fourth-order valence-electron chi connectivity index (χ4n) is 2.74. The van der Waals surface area contributed by atoms with E-state index in [1.54, 1.807) is 25.1 Å². The number of nitrogens with zero attached hydrogens (tertiary/aromatic N) is 5. The van der Waals surface area contributed by atoms with Gasteiger partial charge in [0.25, 0.3) is 0 Å². The molecule has 4 rings (SSSR count). The third-order valence-electron chi connectivity index (χ3n) is 3.95. The Labute approximate surface area is 153 Å². The van der Waals surface area contributed by atoms with Gasteiger partial charge in [-0.25, -0.2) is 9.61 Å². The lowest BCUT2D eigenvalue weighted by atomic mass is 10.3. The van der Waals surface area contributed by atoms with Crippen LogP contribution in [-0.4, -0.2) is 32.0 Å². The maximum absolute atomic E-state index is 5.85. The van der Waals surface area contributed by atoms with Gasteiger partial charge in [0.2, 0.25) is 0 Å². The molecule has 0 spiro atoms. The van der Waals surface area contributed by atoms with E-state index in [0.29, 0.717) is 18.1 Å². The number of anilines is 1. The van der Waals surface area contributed by atoms with Crippen molar-refractivity contribution in [1.29, 1.82) is 0 Å². The lowest BCUT2D eigenvalue weighted by Gasteiger charge is -2.08. The molecule has 0 atom stereocenters. The Kier molecular flexibility index (Phi) is 4.21. The van der Waals surface area contributed by atoms with E-state index in [9.17, 15) is 0 Å². The van der Waals surface area contributed by atoms with Crippen LogP contribution < -0.4 is 10.5 Å². The Morgan fingerprint density at radius 3 is 2.65 bits per heavy atom. The van der Waals surface area contributed by atoms with Gasteiger partial charge in [-0.2, -0.15) is 0 Å². The molecule has 3 heterocycles. The van der Waals surface area contributed by atoms with Crippen molar-refractivity contribution in [3.63, 3.8) is 0 Å². The van der Waals surface area contributed by atoms with E-state index in [1.165, 1.54) is 0 Å². The molecule has 3 aromatic heterocycles. The van der Waals surface area contributed by atoms with E-state index >= 15 is 0 Å². The number of ether oxygens (including phenoxy) is 1. The minimum Gasteiger partial charge on any atom is -0.497 e. The van der Waals surface area contributed by atoms with E-state index in [1.807, 2.05) is 42.0 Å². The third kappa shape index (κ3) is 2.76. The summed E-state index contributed by atoms with van der Waals surface area (Å²) < 4.78 is 12.0. The standard InChI is InChI=1S/C17H16N6O2S/c1-3-23-15-12(20-17(23)14-16(18)22-25-21-14)8-19-9-13(15)26-11-6-4-10(24-2)5-7-11/h4-9H,3H2,1-2H3,(H2,18,22). The second-order valence-electron chi connectivity index (χ2n) is 5.46. The maximum atomic E-state index is 5.85. The number of hydrogen-bond acceptors (Lipinski definition) is 8. The van der Waals surface area contributed by atoms with Crippen LogP contribution in [0.2, 0.25) is 0 Å². The molecule has 1 aromatic carbocycles. The summed E-state index contributed by atoms with van der Waals surface area (Å²) in [5, 5.41) is 7.54. The van der Waals surface area contributed by atoms with Gasteiger partial charge in [0.1, 0.15) is 11.3 Å². The highest BCUT2D eigenvalue weighted by molar-refractivity contribution is 7.99. The van der Waals surface area contributed by atoms with Crippen LogP contribution in [-0.2, 0) is 6.54 Å². The Bertz CT molecular complexity index is 1060. The first kappa shape index (κ1) is 16.4. The summed E-state index contributed by atoms with van der Waals surface area (Å²) in [4.78, 5) is 11.0. The fourth-order valence-corrected chi connectivity index (χ4v) is 3.69. The van der Waals surface area contributed by atoms with Crippen LogP contribution in [0.3, 0.4) is 0 Å². The number of methoxy groups -OCH3 is 1. The van der Waals surface area contributed by atoms with Crippen LogP contribution in [0, 0.1) is 0 Å². The number of benzene rings is 1. The van der Waals surface area contributed by atoms with Gasteiger partial charge in [0.05, 0.1) is 23.7 Å². The molecule has 0 saturated carbocycles. The zero-order chi connectivity index (χ0) is 18.1. The van der Waals surface area contributed by atoms with Gasteiger partial charge in [-0.15, -0.1) is 0 Å². The molecule has 0 fully saturated rings. The molecule has 4 aromatic rings. The van der Waals surface area contributed by atoms with E-state index in [4.69, 9.17) is 15.1 Å². The van der Waals surface area contributed by atoms with Crippen molar-refractivity contribution in [3.05, 3.63) is 36.7 Å². The number of aryl methyl sites for hydroxylation is 1. The predicted octanol–water partition coefficient (Wildman–Crippen LogP) is 3.24. The molecule has 0 radical (unpaired) electrons. The molecule has 0 saturated heterocycles. The van der Waals surface area contributed by atoms with Gasteiger partial charge < -0.3 is 15.0 Å². The van der Waals surface area contributed by atoms with Crippen molar-refractivity contribution < 1.29 is 9.37 Å². The molecule has 0 bridgehead atoms. The van der Waals surface area contributed by atoms with Crippen molar-refractivity contribution in [3.8, 4) is 17.3 Å². The van der Waals surface area contributed by atoms with Gasteiger partial charge in [-0.1, -0.05) is 11.8 Å². The number of imidazole rings is 1. The van der Waals surface area contributed by atoms with Gasteiger partial charge in [0, 0.05) is 17.6 Å². The molecule has 8 nitrogen and oxygen atoms in total. The molecule has 0 amide bonds. The summed E-state index contributed by atoms with van der Waals surface area (Å²) in [5.74, 6) is 1.65. The van der Waals surface area contributed by atoms with E-state index < -0.39 is 0 Å². The second kappa shape index (κ2) is 6.68. The SMILES string of the molecule is CCn1c(-c2nonc2N)nc2cncc(Sc3ccc(OC)cc3)c21. The van der Waals surface area contributed by atoms with Crippen molar-refractivity contribution >= 4 is 28.6 Å². The second-order valence-corrected chi connectivity index (χ2v) is 6.58. The Morgan fingerprint density at radius 1 is 1.19 bits per heavy atom. The molecular formula is C17H16N6O2S. The van der Waals surface area contributed by atoms with Gasteiger partial charge in [-0.05, 0) is 41.5 Å². The average molecular weight is 368 g/mol. The van der Waals surface area contributed by atoms with E-state index in [-0.39, 0.29) is 5.82 Å². The number of hydrogen-bond donors (Lipinski definition) is 1. The van der Waals surface area contributed by atoms with Crippen LogP contribution in [0.5, 0.6) is 5.75 Å². The fraction of sp³-hybridized carbons (Fsp3) is 0.176. The first-order chi connectivity index (χ1) is 12.7. The number of rotatable bonds is 5. The lowest BCUT2D eigenvalue weighted by molar-refractivity contribution is 0.310. The maximum Gasteiger partial charge on any atom is 0.199 e. The monoisotopic (exact) mass is 368 g/mol. The van der Waals surface area contributed by atoms with Crippen LogP contribution in [0.15, 0.2) is 51.1 Å². The quantitative estimate of drug-likeness (QED) is 0.572. The lowest BCUT2D eigenvalue weighted by Crippen LogP contribution is -2.00. The van der Waals surface area contributed by atoms with Crippen LogP contribution in [0.1, 0.15) is 6.92 Å². The molecule has 9 heteroatoms. The Hall–Kier alpha value is -3.07. The first-order valence-electron chi connectivity index (χ1n) is 7.95. The van der Waals surface area contributed by atoms with Gasteiger partial charge in [0.15, 0.2) is 17.3 Å². The first-order valence-corrected chi connectivity index (χ1v) is 8.77. The molecule has 0 aliphatic rings. The van der Waals surface area contributed by atoms with Crippen molar-refractivity contribution in [2.45, 2.75) is 23.3 Å². The molecule has 0 aliphatic heterocycles. The molecule has 0 unspecified atom stereocenters. The highest BCUT2D eigenvalue weighted by atomic mass is 32.2. The summed E-state index contributed by atoms with van der Waals surface area (Å²) in [6, 6.07) is 7.88. The highest BCUT2D eigenvalue weighted by Crippen LogP contribution is 2.36. The number of nitrogens with two attached hydrogens (primary N) is 1. The average Bonchev–Trinajstić information content (AvgIpc) is 3.25. The number of aromatic nitrogens is 5. The zero-order valence-corrected chi connectivity index (χ0v) is 15.0. The molecular weight excluding hydrogens is 352 g/mol. The summed E-state index contributed by atoms with van der Waals surface area (Å²) >= 11 is 1.61. The van der Waals surface area contributed by atoms with Crippen molar-refractivity contribution in [2.24, 2.45) is 0 Å². The summed E-state index contributed by atoms with van der Waals surface area (Å²) in [6.07, 6.45) is 3.56. The number of fused-ring (bicyclic) bond motifs is 1. The van der Waals surface area contributed by atoms with Gasteiger partial charge in [-0.3, -0.25) is 4.98 Å². The van der Waals surface area contributed by atoms with Crippen molar-refractivity contribution in [1.82, 2.24) is 24.8 Å². The third-order valence-corrected chi connectivity index (χ3v) is 4.97. The van der Waals surface area contributed by atoms with Crippen LogP contribution in [0.4, 0.5) is 5.82 Å². The highest BCUT2D eigenvalue weighted by Gasteiger charge is 2.20. The minimum absolute atomic E-state index is 0.215. The number of nitrogen functional groups attached to an aromatic ring is 1. The largest absolute Gasteiger partial charge is 0.497 e. The Balaban J connectivity index is 1.82. The predicted molar refractivity (Wildman–Crippen MR) is 98.0 cm³/mol. The van der Waals surface area contributed by atoms with Gasteiger partial charge >= 0.3 is 0 Å². The topological polar surface area (TPSA) is 105 Å². The molecule has 26 heavy (non-hydrogen) atoms. The minimum atomic E-state index is 0.215. The summed E-state index contributed by atoms with van der Waals surface area (Å²) in [5.41, 5.74) is 8.03. The smallest absolute Gasteiger partial charge is 0.199 e. The van der Waals surface area contributed by atoms with Crippen LogP contribution >= 0.6 is 11.8 Å². The molecule has 2 N–H and O–H groups in total. The van der Waals surface area contributed by atoms with E-state index in [2.05, 4.69) is 20.3 Å². The molecule has 132 valence electrons. The summed E-state index contributed by atoms with van der Waals surface area (Å²) in [6.45, 7) is 2.73. The molecule has 0 aliphatic carbocycles.